The van der Waals surface area contributed by atoms with Crippen LogP contribution in [-0.4, -0.2) is 31.7 Å². The number of ether oxygens (including phenoxy) is 3. The van der Waals surface area contributed by atoms with Crippen molar-refractivity contribution in [3.05, 3.63) is 59.1 Å². The summed E-state index contributed by atoms with van der Waals surface area (Å²) in [7, 11) is 0. The van der Waals surface area contributed by atoms with Gasteiger partial charge >= 0.3 is 11.7 Å². The first-order chi connectivity index (χ1) is 13.5. The molecule has 0 unspecified atom stereocenters. The number of pyridine rings is 1. The molecule has 1 aromatic carbocycles. The molecule has 0 aliphatic carbocycles. The van der Waals surface area contributed by atoms with Crippen LogP contribution in [0.25, 0.3) is 0 Å². The van der Waals surface area contributed by atoms with Gasteiger partial charge in [-0.15, -0.1) is 0 Å². The molecule has 2 heterocycles. The zero-order chi connectivity index (χ0) is 20.1. The number of fused-ring (bicyclic) bond motifs is 1. The molecule has 1 aliphatic rings. The van der Waals surface area contributed by atoms with Gasteiger partial charge in [0, 0.05) is 12.1 Å². The van der Waals surface area contributed by atoms with Crippen LogP contribution in [0.1, 0.15) is 35.9 Å². The van der Waals surface area contributed by atoms with Gasteiger partial charge in [-0.1, -0.05) is 19.9 Å². The van der Waals surface area contributed by atoms with Crippen molar-refractivity contribution in [2.45, 2.75) is 19.9 Å². The van der Waals surface area contributed by atoms with Crippen molar-refractivity contribution in [1.29, 1.82) is 0 Å². The van der Waals surface area contributed by atoms with E-state index in [2.05, 4.69) is 5.32 Å². The van der Waals surface area contributed by atoms with Crippen molar-refractivity contribution in [1.82, 2.24) is 5.32 Å². The molecule has 0 saturated carbocycles. The van der Waals surface area contributed by atoms with Gasteiger partial charge in [0.05, 0.1) is 6.04 Å². The van der Waals surface area contributed by atoms with Gasteiger partial charge in [0.1, 0.15) is 13.2 Å². The molecule has 1 aliphatic heterocycles. The molecule has 0 fully saturated rings. The summed E-state index contributed by atoms with van der Waals surface area (Å²) < 4.78 is 16.5. The average Bonchev–Trinajstić information content (AvgIpc) is 2.70. The van der Waals surface area contributed by atoms with Crippen LogP contribution in [0.3, 0.4) is 0 Å². The quantitative estimate of drug-likeness (QED) is 0.461. The molecule has 8 heteroatoms. The van der Waals surface area contributed by atoms with Crippen molar-refractivity contribution in [3.63, 3.8) is 0 Å². The van der Waals surface area contributed by atoms with Gasteiger partial charge in [0.15, 0.2) is 24.3 Å². The van der Waals surface area contributed by atoms with Gasteiger partial charge in [-0.2, -0.15) is 4.73 Å². The molecular formula is C20H22N2O6. The molecule has 28 heavy (non-hydrogen) atoms. The topological polar surface area (TPSA) is 101 Å². The minimum Gasteiger partial charge on any atom is -0.618 e. The van der Waals surface area contributed by atoms with Gasteiger partial charge in [0.25, 0.3) is 5.91 Å². The minimum absolute atomic E-state index is 0.0835. The number of esters is 1. The summed E-state index contributed by atoms with van der Waals surface area (Å²) in [6.45, 7) is 4.44. The lowest BCUT2D eigenvalue weighted by Crippen LogP contribution is -2.37. The van der Waals surface area contributed by atoms with E-state index in [0.717, 1.165) is 5.56 Å². The number of hydrogen-bond acceptors (Lipinski definition) is 6. The Kier molecular flexibility index (Phi) is 5.98. The average molecular weight is 386 g/mol. The minimum atomic E-state index is -0.855. The SMILES string of the molecule is CC(C)[C@@H](NC(=O)COC(=O)c1cccc[n+]1[O-])c1ccc2c(c1)OCCO2. The normalized spacial score (nSPS) is 13.7. The highest BCUT2D eigenvalue weighted by atomic mass is 16.6. The Labute approximate surface area is 162 Å². The van der Waals surface area contributed by atoms with E-state index >= 15 is 0 Å². The van der Waals surface area contributed by atoms with Crippen molar-refractivity contribution >= 4 is 11.9 Å². The second kappa shape index (κ2) is 8.60. The summed E-state index contributed by atoms with van der Waals surface area (Å²) in [5.41, 5.74) is 0.682. The monoisotopic (exact) mass is 386 g/mol. The van der Waals surface area contributed by atoms with E-state index in [0.29, 0.717) is 29.4 Å². The van der Waals surface area contributed by atoms with Crippen LogP contribution in [0, 0.1) is 11.1 Å². The van der Waals surface area contributed by atoms with Crippen LogP contribution in [0.2, 0.25) is 0 Å². The predicted octanol–water partition coefficient (Wildman–Crippen LogP) is 1.76. The highest BCUT2D eigenvalue weighted by Crippen LogP contribution is 2.34. The fraction of sp³-hybridized carbons (Fsp3) is 0.350. The van der Waals surface area contributed by atoms with Crippen LogP contribution in [-0.2, 0) is 9.53 Å². The summed E-state index contributed by atoms with van der Waals surface area (Å²) >= 11 is 0. The summed E-state index contributed by atoms with van der Waals surface area (Å²) in [5, 5.41) is 14.4. The predicted molar refractivity (Wildman–Crippen MR) is 98.8 cm³/mol. The number of rotatable bonds is 6. The lowest BCUT2D eigenvalue weighted by molar-refractivity contribution is -0.608. The first-order valence-corrected chi connectivity index (χ1v) is 9.00. The molecule has 0 bridgehead atoms. The molecule has 148 valence electrons. The number of nitrogens with one attached hydrogen (secondary N) is 1. The number of carbonyl (C=O) groups is 2. The van der Waals surface area contributed by atoms with Crippen molar-refractivity contribution < 1.29 is 28.5 Å². The molecule has 1 N–H and O–H groups in total. The van der Waals surface area contributed by atoms with Crippen LogP contribution in [0.15, 0.2) is 42.6 Å². The maximum Gasteiger partial charge on any atom is 0.405 e. The summed E-state index contributed by atoms with van der Waals surface area (Å²) in [4.78, 5) is 24.3. The third-order valence-electron chi connectivity index (χ3n) is 4.28. The number of hydrogen-bond donors (Lipinski definition) is 1. The maximum absolute atomic E-state index is 12.3. The number of amides is 1. The fourth-order valence-corrected chi connectivity index (χ4v) is 2.89. The Bertz CT molecular complexity index is 868. The van der Waals surface area contributed by atoms with Crippen molar-refractivity contribution in [3.8, 4) is 11.5 Å². The van der Waals surface area contributed by atoms with E-state index in [1.165, 1.54) is 18.3 Å². The van der Waals surface area contributed by atoms with Crippen LogP contribution in [0.4, 0.5) is 0 Å². The fourth-order valence-electron chi connectivity index (χ4n) is 2.89. The molecule has 1 amide bonds. The number of nitrogens with zero attached hydrogens (tertiary/aromatic N) is 1. The van der Waals surface area contributed by atoms with E-state index in [4.69, 9.17) is 14.2 Å². The summed E-state index contributed by atoms with van der Waals surface area (Å²) in [5.74, 6) is 0.0762. The van der Waals surface area contributed by atoms with Gasteiger partial charge < -0.3 is 24.7 Å². The van der Waals surface area contributed by atoms with Crippen LogP contribution < -0.4 is 19.5 Å². The lowest BCUT2D eigenvalue weighted by Gasteiger charge is -2.25. The summed E-state index contributed by atoms with van der Waals surface area (Å²) in [6.07, 6.45) is 1.19. The molecule has 2 aromatic rings. The van der Waals surface area contributed by atoms with E-state index in [1.807, 2.05) is 32.0 Å². The Balaban J connectivity index is 1.63. The number of aromatic nitrogens is 1. The van der Waals surface area contributed by atoms with Gasteiger partial charge in [-0.3, -0.25) is 4.79 Å². The molecule has 1 aromatic heterocycles. The Morgan fingerprint density at radius 2 is 1.93 bits per heavy atom. The molecule has 0 radical (unpaired) electrons. The van der Waals surface area contributed by atoms with E-state index in [-0.39, 0.29) is 17.7 Å². The van der Waals surface area contributed by atoms with Crippen molar-refractivity contribution in [2.75, 3.05) is 19.8 Å². The zero-order valence-electron chi connectivity index (χ0n) is 15.7. The second-order valence-corrected chi connectivity index (χ2v) is 6.68. The number of benzene rings is 1. The second-order valence-electron chi connectivity index (χ2n) is 6.68. The van der Waals surface area contributed by atoms with E-state index in [9.17, 15) is 14.8 Å². The van der Waals surface area contributed by atoms with Crippen LogP contribution in [0.5, 0.6) is 11.5 Å². The third kappa shape index (κ3) is 4.51. The molecule has 0 saturated heterocycles. The molecule has 8 nitrogen and oxygen atoms in total. The summed E-state index contributed by atoms with van der Waals surface area (Å²) in [6, 6.07) is 9.60. The first-order valence-electron chi connectivity index (χ1n) is 9.00. The molecule has 3 rings (SSSR count). The Hall–Kier alpha value is -3.29. The molecule has 0 spiro atoms. The maximum atomic E-state index is 12.3. The third-order valence-corrected chi connectivity index (χ3v) is 4.28. The highest BCUT2D eigenvalue weighted by molar-refractivity contribution is 5.88. The standard InChI is InChI=1S/C20H22N2O6/c1-13(2)19(14-6-7-16-17(11-14)27-10-9-26-16)21-18(23)12-28-20(24)15-5-3-4-8-22(15)25/h3-8,11,13,19H,9-10,12H2,1-2H3,(H,21,23)/t19-/m1/s1. The number of carbonyl (C=O) groups excluding carboxylic acids is 2. The highest BCUT2D eigenvalue weighted by Gasteiger charge is 2.23. The zero-order valence-corrected chi connectivity index (χ0v) is 15.7. The smallest absolute Gasteiger partial charge is 0.405 e. The van der Waals surface area contributed by atoms with Gasteiger partial charge in [0.2, 0.25) is 0 Å². The Morgan fingerprint density at radius 1 is 1.18 bits per heavy atom. The molecular weight excluding hydrogens is 364 g/mol. The van der Waals surface area contributed by atoms with Gasteiger partial charge in [-0.25, -0.2) is 4.79 Å². The van der Waals surface area contributed by atoms with Crippen LogP contribution >= 0.6 is 0 Å². The largest absolute Gasteiger partial charge is 0.618 e. The van der Waals surface area contributed by atoms with Crippen molar-refractivity contribution in [2.24, 2.45) is 5.92 Å². The first kappa shape index (κ1) is 19.5. The van der Waals surface area contributed by atoms with Gasteiger partial charge in [-0.05, 0) is 29.7 Å². The Morgan fingerprint density at radius 3 is 2.64 bits per heavy atom. The lowest BCUT2D eigenvalue weighted by atomic mass is 9.95. The van der Waals surface area contributed by atoms with E-state index < -0.39 is 18.5 Å². The molecule has 1 atom stereocenters. The van der Waals surface area contributed by atoms with E-state index in [1.54, 1.807) is 6.07 Å².